The van der Waals surface area contributed by atoms with Gasteiger partial charge in [0, 0.05) is 16.7 Å². The molecule has 7 heteroatoms. The number of phenols is 1. The number of esters is 2. The van der Waals surface area contributed by atoms with Crippen molar-refractivity contribution in [3.05, 3.63) is 130 Å². The minimum Gasteiger partial charge on any atom is -0.545 e. The van der Waals surface area contributed by atoms with E-state index in [1.165, 1.54) is 36.4 Å². The van der Waals surface area contributed by atoms with Crippen molar-refractivity contribution < 1.29 is 34.1 Å². The van der Waals surface area contributed by atoms with Gasteiger partial charge in [0.2, 0.25) is 0 Å². The van der Waals surface area contributed by atoms with Crippen molar-refractivity contribution in [1.82, 2.24) is 0 Å². The lowest BCUT2D eigenvalue weighted by Crippen LogP contribution is -2.29. The van der Waals surface area contributed by atoms with Gasteiger partial charge in [0.25, 0.3) is 0 Å². The van der Waals surface area contributed by atoms with Gasteiger partial charge < -0.3 is 24.5 Å². The number of phenolic OH excluding ortho intramolecular Hbond substituents is 1. The lowest BCUT2D eigenvalue weighted by molar-refractivity contribution is -0.255. The number of aromatic carboxylic acids is 1. The van der Waals surface area contributed by atoms with Crippen LogP contribution in [0.25, 0.3) is 0 Å². The van der Waals surface area contributed by atoms with Gasteiger partial charge in [0.05, 0.1) is 17.1 Å². The van der Waals surface area contributed by atoms with E-state index in [0.717, 1.165) is 0 Å². The van der Waals surface area contributed by atoms with Gasteiger partial charge in [-0.3, -0.25) is 0 Å². The zero-order chi connectivity index (χ0) is 24.6. The summed E-state index contributed by atoms with van der Waals surface area (Å²) < 4.78 is 11.4. The molecule has 1 aliphatic rings. The molecule has 0 amide bonds. The Hall–Kier alpha value is -4.91. The zero-order valence-corrected chi connectivity index (χ0v) is 18.1. The van der Waals surface area contributed by atoms with Crippen LogP contribution in [0.5, 0.6) is 11.5 Å². The molecule has 35 heavy (non-hydrogen) atoms. The highest BCUT2D eigenvalue weighted by Crippen LogP contribution is 2.47. The number of cyclic esters (lactones) is 1. The molecule has 172 valence electrons. The third-order valence-electron chi connectivity index (χ3n) is 5.87. The highest BCUT2D eigenvalue weighted by Gasteiger charge is 2.48. The Balaban J connectivity index is 1.49. The van der Waals surface area contributed by atoms with Crippen LogP contribution < -0.4 is 9.84 Å². The molecule has 0 radical (unpaired) electrons. The maximum Gasteiger partial charge on any atom is 0.343 e. The first kappa shape index (κ1) is 21.9. The minimum absolute atomic E-state index is 0.0446. The molecule has 4 aromatic carbocycles. The second-order valence-electron chi connectivity index (χ2n) is 7.94. The number of carboxylic acid groups (broad SMARTS) is 1. The Morgan fingerprint density at radius 2 is 1.34 bits per heavy atom. The van der Waals surface area contributed by atoms with Crippen LogP contribution >= 0.6 is 0 Å². The number of hydrogen-bond donors (Lipinski definition) is 1. The van der Waals surface area contributed by atoms with Crippen LogP contribution in [-0.4, -0.2) is 23.0 Å². The summed E-state index contributed by atoms with van der Waals surface area (Å²) in [5.74, 6) is -2.13. The van der Waals surface area contributed by atoms with Crippen LogP contribution in [-0.2, 0) is 10.3 Å². The third kappa shape index (κ3) is 3.79. The monoisotopic (exact) mass is 465 g/mol. The number of aromatic hydroxyl groups is 1. The number of ether oxygens (including phenoxy) is 2. The molecule has 0 saturated heterocycles. The molecule has 1 unspecified atom stereocenters. The molecule has 0 aliphatic carbocycles. The quantitative estimate of drug-likeness (QED) is 0.355. The molecule has 1 aliphatic heterocycles. The fraction of sp³-hybridized carbons (Fsp3) is 0.0357. The topological polar surface area (TPSA) is 113 Å². The summed E-state index contributed by atoms with van der Waals surface area (Å²) in [6.07, 6.45) is 0. The Morgan fingerprint density at radius 3 is 1.97 bits per heavy atom. The average Bonchev–Trinajstić information content (AvgIpc) is 3.18. The van der Waals surface area contributed by atoms with Crippen molar-refractivity contribution in [3.8, 4) is 11.5 Å². The van der Waals surface area contributed by atoms with Crippen molar-refractivity contribution in [3.63, 3.8) is 0 Å². The van der Waals surface area contributed by atoms with Crippen LogP contribution in [0.15, 0.2) is 97.1 Å². The lowest BCUT2D eigenvalue weighted by Gasteiger charge is -2.30. The molecule has 0 bridgehead atoms. The summed E-state index contributed by atoms with van der Waals surface area (Å²) in [7, 11) is 0. The van der Waals surface area contributed by atoms with E-state index in [1.807, 2.05) is 12.1 Å². The molecule has 0 fully saturated rings. The van der Waals surface area contributed by atoms with E-state index in [1.54, 1.807) is 48.5 Å². The van der Waals surface area contributed by atoms with Crippen LogP contribution in [0.4, 0.5) is 0 Å². The Morgan fingerprint density at radius 1 is 0.771 bits per heavy atom. The van der Waals surface area contributed by atoms with Crippen molar-refractivity contribution in [2.45, 2.75) is 5.60 Å². The minimum atomic E-state index is -1.34. The summed E-state index contributed by atoms with van der Waals surface area (Å²) in [6.45, 7) is 0. The maximum absolute atomic E-state index is 12.7. The molecule has 4 aromatic rings. The van der Waals surface area contributed by atoms with Crippen LogP contribution in [0.3, 0.4) is 0 Å². The van der Waals surface area contributed by atoms with Gasteiger partial charge in [-0.15, -0.1) is 0 Å². The molecule has 1 atom stereocenters. The largest absolute Gasteiger partial charge is 0.545 e. The maximum atomic E-state index is 12.7. The van der Waals surface area contributed by atoms with Crippen LogP contribution in [0, 0.1) is 0 Å². The Kier molecular flexibility index (Phi) is 5.30. The Bertz CT molecular complexity index is 1440. The third-order valence-corrected chi connectivity index (χ3v) is 5.87. The highest BCUT2D eigenvalue weighted by atomic mass is 16.6. The van der Waals surface area contributed by atoms with Crippen molar-refractivity contribution in [1.29, 1.82) is 0 Å². The number of carbonyl (C=O) groups excluding carboxylic acids is 3. The van der Waals surface area contributed by atoms with Gasteiger partial charge >= 0.3 is 11.9 Å². The van der Waals surface area contributed by atoms with E-state index < -0.39 is 23.5 Å². The molecule has 1 N–H and O–H groups in total. The van der Waals surface area contributed by atoms with Crippen LogP contribution in [0.2, 0.25) is 0 Å². The number of benzene rings is 4. The van der Waals surface area contributed by atoms with Gasteiger partial charge in [-0.25, -0.2) is 9.59 Å². The van der Waals surface area contributed by atoms with E-state index in [4.69, 9.17) is 9.47 Å². The predicted molar refractivity (Wildman–Crippen MR) is 122 cm³/mol. The van der Waals surface area contributed by atoms with Crippen molar-refractivity contribution in [2.24, 2.45) is 0 Å². The van der Waals surface area contributed by atoms with Crippen LogP contribution in [0.1, 0.15) is 47.8 Å². The molecule has 5 rings (SSSR count). The number of fused-ring (bicyclic) bond motifs is 1. The zero-order valence-electron chi connectivity index (χ0n) is 18.1. The number of hydrogen-bond acceptors (Lipinski definition) is 7. The van der Waals surface area contributed by atoms with Gasteiger partial charge in [-0.2, -0.15) is 0 Å². The van der Waals surface area contributed by atoms with Crippen molar-refractivity contribution in [2.75, 3.05) is 0 Å². The number of rotatable bonds is 5. The van der Waals surface area contributed by atoms with Gasteiger partial charge in [0.1, 0.15) is 11.5 Å². The summed E-state index contributed by atoms with van der Waals surface area (Å²) >= 11 is 0. The summed E-state index contributed by atoms with van der Waals surface area (Å²) in [5, 5.41) is 20.7. The first-order chi connectivity index (χ1) is 16.9. The van der Waals surface area contributed by atoms with Gasteiger partial charge in [-0.05, 0) is 48.0 Å². The smallest absolute Gasteiger partial charge is 0.343 e. The SMILES string of the molecule is O=C([O-])c1ccc(C(=O)Oc2ccc(C3(c4ccc(O)cc4)OC(=O)c4ccccc43)cc2)cc1. The number of carboxylic acids is 1. The second-order valence-corrected chi connectivity index (χ2v) is 7.94. The second kappa shape index (κ2) is 8.46. The summed E-state index contributed by atoms with van der Waals surface area (Å²) in [5.41, 5.74) is 1.26. The average molecular weight is 465 g/mol. The molecule has 0 saturated carbocycles. The van der Waals surface area contributed by atoms with Gasteiger partial charge in [-0.1, -0.05) is 54.6 Å². The molecule has 7 nitrogen and oxygen atoms in total. The first-order valence-corrected chi connectivity index (χ1v) is 10.6. The van der Waals surface area contributed by atoms with E-state index in [2.05, 4.69) is 0 Å². The van der Waals surface area contributed by atoms with Gasteiger partial charge in [0.15, 0.2) is 5.60 Å². The number of carbonyl (C=O) groups is 3. The normalized spacial score (nSPS) is 16.3. The van der Waals surface area contributed by atoms with E-state index in [-0.39, 0.29) is 22.6 Å². The molecular weight excluding hydrogens is 448 g/mol. The fourth-order valence-corrected chi connectivity index (χ4v) is 4.17. The first-order valence-electron chi connectivity index (χ1n) is 10.6. The summed E-state index contributed by atoms with van der Waals surface area (Å²) in [4.78, 5) is 36.1. The van der Waals surface area contributed by atoms with Crippen molar-refractivity contribution >= 4 is 17.9 Å². The lowest BCUT2D eigenvalue weighted by atomic mass is 9.80. The Labute approximate surface area is 199 Å². The standard InChI is InChI=1S/C28H18O7/c29-21-13-9-19(10-14-21)28(24-4-2-1-3-23(24)27(33)35-28)20-11-15-22(16-12-20)34-26(32)18-7-5-17(6-8-18)25(30)31/h1-16,29H,(H,30,31)/p-1. The molecule has 1 heterocycles. The van der Waals surface area contributed by atoms with E-state index >= 15 is 0 Å². The van der Waals surface area contributed by atoms with E-state index in [0.29, 0.717) is 22.3 Å². The highest BCUT2D eigenvalue weighted by molar-refractivity contribution is 5.96. The predicted octanol–water partition coefficient (Wildman–Crippen LogP) is 3.44. The molecular formula is C28H17O7-. The fourth-order valence-electron chi connectivity index (χ4n) is 4.17. The van der Waals surface area contributed by atoms with E-state index in [9.17, 15) is 24.6 Å². The summed E-state index contributed by atoms with van der Waals surface area (Å²) in [6, 6.07) is 25.3. The molecule has 0 spiro atoms. The molecule has 0 aromatic heterocycles.